The number of carbonyl (C=O) groups excluding carboxylic acids is 2. The molecule has 0 aliphatic rings. The molecule has 0 saturated heterocycles. The molecule has 0 amide bonds. The first-order valence-electron chi connectivity index (χ1n) is 20.0. The highest BCUT2D eigenvalue weighted by atomic mass is 31.2. The molecule has 1 unspecified atom stereocenters. The zero-order chi connectivity index (χ0) is 40.3. The minimum absolute atomic E-state index is 0.0286. The number of unbranched alkanes of at least 4 members (excludes halogenated alkanes) is 2. The van der Waals surface area contributed by atoms with Crippen LogP contribution >= 0.6 is 7.82 Å². The number of carbonyl (C=O) groups is 2. The van der Waals surface area contributed by atoms with Crippen LogP contribution in [0, 0.1) is 0 Å². The number of phosphoric acid groups is 1. The van der Waals surface area contributed by atoms with E-state index in [9.17, 15) is 19.0 Å². The fraction of sp³-hybridized carbons (Fsp3) is 0.511. The summed E-state index contributed by atoms with van der Waals surface area (Å²) in [4.78, 5) is 34.7. The van der Waals surface area contributed by atoms with Crippen LogP contribution in [0.4, 0.5) is 0 Å². The van der Waals surface area contributed by atoms with Crippen LogP contribution in [0.2, 0.25) is 0 Å². The van der Waals surface area contributed by atoms with Gasteiger partial charge in [-0.15, -0.1) is 0 Å². The molecule has 9 nitrogen and oxygen atoms in total. The van der Waals surface area contributed by atoms with Crippen LogP contribution in [0.5, 0.6) is 0 Å². The Balaban J connectivity index is 4.43. The standard InChI is InChI=1S/C45H70NO8P/c1-3-5-7-9-11-13-15-17-19-20-21-22-24-26-28-30-32-34-36-38-45(48)54-43(42-53-55(49,50)52-40-39-46)41-51-44(47)37-35-33-31-29-27-25-23-18-16-14-12-10-8-6-4-2/h5-8,11-14,17-19,21-23,26-29,32,34,43H,3-4,9-10,15-16,20,24-25,30-31,33,35-42,46H2,1-2H3,(H,49,50)/b7-5+,8-6+,13-11+,14-12+,19-17+,22-21+,23-18+,28-26+,29-27+,34-32+/t43-/m1/s1. The number of rotatable bonds is 35. The Hall–Kier alpha value is -3.59. The second-order valence-electron chi connectivity index (χ2n) is 12.4. The van der Waals surface area contributed by atoms with Gasteiger partial charge in [-0.25, -0.2) is 4.57 Å². The third-order valence-electron chi connectivity index (χ3n) is 7.36. The van der Waals surface area contributed by atoms with Gasteiger partial charge in [0.15, 0.2) is 6.10 Å². The number of hydrogen-bond acceptors (Lipinski definition) is 8. The largest absolute Gasteiger partial charge is 0.472 e. The first-order valence-corrected chi connectivity index (χ1v) is 21.5. The Labute approximate surface area is 332 Å². The molecule has 0 heterocycles. The van der Waals surface area contributed by atoms with E-state index in [4.69, 9.17) is 24.3 Å². The van der Waals surface area contributed by atoms with Gasteiger partial charge in [0.2, 0.25) is 0 Å². The quantitative estimate of drug-likeness (QED) is 0.0279. The molecule has 0 spiro atoms. The average Bonchev–Trinajstić information content (AvgIpc) is 3.17. The predicted molar refractivity (Wildman–Crippen MR) is 228 cm³/mol. The van der Waals surface area contributed by atoms with Crippen LogP contribution in [-0.2, 0) is 32.7 Å². The van der Waals surface area contributed by atoms with E-state index >= 15 is 0 Å². The van der Waals surface area contributed by atoms with Crippen molar-refractivity contribution in [3.8, 4) is 0 Å². The van der Waals surface area contributed by atoms with Crippen LogP contribution in [0.25, 0.3) is 0 Å². The fourth-order valence-electron chi connectivity index (χ4n) is 4.47. The SMILES string of the molecule is CC/C=C/C/C=C/C/C=C/C/C=C/C/C=C/C/C=C/CCC(=O)O[C@H](COC(=O)CCCC/C=C/C/C=C/C/C=C/C/C=C/CC)COP(=O)(O)OCCN. The van der Waals surface area contributed by atoms with Gasteiger partial charge in [-0.2, -0.15) is 0 Å². The maximum Gasteiger partial charge on any atom is 0.472 e. The number of allylic oxidation sites excluding steroid dienone is 20. The Bertz CT molecular complexity index is 1310. The van der Waals surface area contributed by atoms with Gasteiger partial charge >= 0.3 is 19.8 Å². The molecule has 308 valence electrons. The lowest BCUT2D eigenvalue weighted by molar-refractivity contribution is -0.161. The van der Waals surface area contributed by atoms with Gasteiger partial charge in [0.05, 0.1) is 13.2 Å². The maximum absolute atomic E-state index is 12.5. The molecule has 0 radical (unpaired) electrons. The Morgan fingerprint density at radius 2 is 0.964 bits per heavy atom. The Kier molecular flexibility index (Phi) is 37.5. The summed E-state index contributed by atoms with van der Waals surface area (Å²) in [6.45, 7) is 3.32. The average molecular weight is 784 g/mol. The summed E-state index contributed by atoms with van der Waals surface area (Å²) < 4.78 is 32.6. The van der Waals surface area contributed by atoms with E-state index in [2.05, 4.69) is 123 Å². The summed E-state index contributed by atoms with van der Waals surface area (Å²) in [5, 5.41) is 0. The van der Waals surface area contributed by atoms with Gasteiger partial charge in [-0.05, 0) is 89.9 Å². The molecule has 2 atom stereocenters. The maximum atomic E-state index is 12.5. The molecule has 0 bridgehead atoms. The summed E-state index contributed by atoms with van der Waals surface area (Å²) in [6.07, 6.45) is 53.9. The van der Waals surface area contributed by atoms with Crippen molar-refractivity contribution >= 4 is 19.8 Å². The van der Waals surface area contributed by atoms with Crippen LogP contribution in [-0.4, -0.2) is 49.3 Å². The van der Waals surface area contributed by atoms with Crippen LogP contribution in [0.15, 0.2) is 122 Å². The Morgan fingerprint density at radius 1 is 0.545 bits per heavy atom. The lowest BCUT2D eigenvalue weighted by Gasteiger charge is -2.19. The summed E-state index contributed by atoms with van der Waals surface area (Å²) in [7, 11) is -4.41. The minimum atomic E-state index is -4.41. The monoisotopic (exact) mass is 783 g/mol. The van der Waals surface area contributed by atoms with E-state index in [1.54, 1.807) is 0 Å². The summed E-state index contributed by atoms with van der Waals surface area (Å²) >= 11 is 0. The van der Waals surface area contributed by atoms with Gasteiger partial charge in [0.1, 0.15) is 6.61 Å². The van der Waals surface area contributed by atoms with Crippen molar-refractivity contribution in [1.29, 1.82) is 0 Å². The Morgan fingerprint density at radius 3 is 1.40 bits per heavy atom. The van der Waals surface area contributed by atoms with Gasteiger partial charge in [0, 0.05) is 19.4 Å². The van der Waals surface area contributed by atoms with E-state index in [1.165, 1.54) is 0 Å². The minimum Gasteiger partial charge on any atom is -0.462 e. The van der Waals surface area contributed by atoms with Gasteiger partial charge in [0.25, 0.3) is 0 Å². The lowest BCUT2D eigenvalue weighted by Crippen LogP contribution is -2.29. The molecule has 0 aliphatic heterocycles. The van der Waals surface area contributed by atoms with E-state index in [0.29, 0.717) is 12.8 Å². The van der Waals surface area contributed by atoms with E-state index in [0.717, 1.165) is 77.0 Å². The lowest BCUT2D eigenvalue weighted by atomic mass is 10.2. The fourth-order valence-corrected chi connectivity index (χ4v) is 5.24. The zero-order valence-corrected chi connectivity index (χ0v) is 34.5. The molecule has 10 heteroatoms. The van der Waals surface area contributed by atoms with Crippen molar-refractivity contribution in [3.05, 3.63) is 122 Å². The van der Waals surface area contributed by atoms with Crippen molar-refractivity contribution in [3.63, 3.8) is 0 Å². The first-order chi connectivity index (χ1) is 26.8. The highest BCUT2D eigenvalue weighted by molar-refractivity contribution is 7.47. The normalized spacial score (nSPS) is 14.6. The summed E-state index contributed by atoms with van der Waals surface area (Å²) in [6, 6.07) is 0. The molecule has 0 saturated carbocycles. The molecule has 0 rings (SSSR count). The van der Waals surface area contributed by atoms with Crippen LogP contribution in [0.1, 0.15) is 117 Å². The smallest absolute Gasteiger partial charge is 0.462 e. The molecule has 55 heavy (non-hydrogen) atoms. The van der Waals surface area contributed by atoms with Crippen molar-refractivity contribution in [2.75, 3.05) is 26.4 Å². The van der Waals surface area contributed by atoms with Crippen molar-refractivity contribution in [1.82, 2.24) is 0 Å². The molecule has 0 aromatic carbocycles. The molecule has 0 aromatic heterocycles. The summed E-state index contributed by atoms with van der Waals surface area (Å²) in [5.74, 6) is -0.992. The third kappa shape index (κ3) is 39.9. The van der Waals surface area contributed by atoms with Crippen molar-refractivity contribution in [2.24, 2.45) is 5.73 Å². The third-order valence-corrected chi connectivity index (χ3v) is 8.34. The second kappa shape index (κ2) is 40.1. The molecule has 0 aliphatic carbocycles. The van der Waals surface area contributed by atoms with Crippen LogP contribution in [0.3, 0.4) is 0 Å². The van der Waals surface area contributed by atoms with Crippen LogP contribution < -0.4 is 5.73 Å². The molecular formula is C45H70NO8P. The number of ether oxygens (including phenoxy) is 2. The first kappa shape index (κ1) is 51.4. The number of hydrogen-bond donors (Lipinski definition) is 2. The zero-order valence-electron chi connectivity index (χ0n) is 33.6. The second-order valence-corrected chi connectivity index (χ2v) is 13.8. The van der Waals surface area contributed by atoms with Crippen molar-refractivity contribution < 1.29 is 37.6 Å². The highest BCUT2D eigenvalue weighted by Gasteiger charge is 2.25. The molecule has 3 N–H and O–H groups in total. The highest BCUT2D eigenvalue weighted by Crippen LogP contribution is 2.43. The predicted octanol–water partition coefficient (Wildman–Crippen LogP) is 11.4. The van der Waals surface area contributed by atoms with Gasteiger partial charge in [-0.1, -0.05) is 135 Å². The van der Waals surface area contributed by atoms with Gasteiger partial charge in [-0.3, -0.25) is 18.6 Å². The molecular weight excluding hydrogens is 713 g/mol. The molecule has 0 fully saturated rings. The number of esters is 2. The topological polar surface area (TPSA) is 134 Å². The van der Waals surface area contributed by atoms with Gasteiger partial charge < -0.3 is 20.1 Å². The number of phosphoric ester groups is 1. The van der Waals surface area contributed by atoms with Crippen molar-refractivity contribution in [2.45, 2.75) is 123 Å². The summed E-state index contributed by atoms with van der Waals surface area (Å²) in [5.41, 5.74) is 5.33. The molecule has 0 aromatic rings. The van der Waals surface area contributed by atoms with E-state index in [-0.39, 0.29) is 32.6 Å². The van der Waals surface area contributed by atoms with E-state index < -0.39 is 32.5 Å². The van der Waals surface area contributed by atoms with E-state index in [1.807, 2.05) is 12.2 Å². The number of nitrogens with two attached hydrogens (primary N) is 1.